The van der Waals surface area contributed by atoms with E-state index in [-0.39, 0.29) is 12.1 Å². The van der Waals surface area contributed by atoms with Crippen LogP contribution in [-0.4, -0.2) is 25.6 Å². The lowest BCUT2D eigenvalue weighted by molar-refractivity contribution is 0.569. The number of fused-ring (bicyclic) bond motifs is 1. The molecule has 4 N–H and O–H groups in total. The standard InChI is InChI=1S/C10H12N6/c11-6-1-2-7(3-6)16-5-15-8-9(12)13-4-14-10(8)16/h1-2,4-7H,3,11H2,(H2,12,13,14)/t6-,7?/m0/s1. The molecule has 1 aliphatic carbocycles. The lowest BCUT2D eigenvalue weighted by atomic mass is 10.2. The highest BCUT2D eigenvalue weighted by Gasteiger charge is 2.20. The van der Waals surface area contributed by atoms with Crippen molar-refractivity contribution in [2.24, 2.45) is 5.73 Å². The van der Waals surface area contributed by atoms with Crippen molar-refractivity contribution in [3.8, 4) is 0 Å². The summed E-state index contributed by atoms with van der Waals surface area (Å²) < 4.78 is 1.98. The van der Waals surface area contributed by atoms with Gasteiger partial charge in [0.25, 0.3) is 0 Å². The summed E-state index contributed by atoms with van der Waals surface area (Å²) in [5.41, 5.74) is 13.0. The first-order chi connectivity index (χ1) is 7.75. The van der Waals surface area contributed by atoms with E-state index in [1.54, 1.807) is 6.33 Å². The molecule has 1 aliphatic rings. The maximum Gasteiger partial charge on any atom is 0.165 e. The van der Waals surface area contributed by atoms with Crippen molar-refractivity contribution < 1.29 is 0 Å². The highest BCUT2D eigenvalue weighted by atomic mass is 15.1. The fourth-order valence-corrected chi connectivity index (χ4v) is 2.03. The van der Waals surface area contributed by atoms with E-state index in [0.29, 0.717) is 11.3 Å². The van der Waals surface area contributed by atoms with E-state index in [4.69, 9.17) is 11.5 Å². The predicted octanol–water partition coefficient (Wildman–Crippen LogP) is 0.237. The second kappa shape index (κ2) is 3.28. The lowest BCUT2D eigenvalue weighted by Gasteiger charge is -2.11. The first-order valence-corrected chi connectivity index (χ1v) is 5.12. The van der Waals surface area contributed by atoms with Crippen LogP contribution in [0, 0.1) is 0 Å². The van der Waals surface area contributed by atoms with Gasteiger partial charge in [-0.3, -0.25) is 0 Å². The molecule has 0 fully saturated rings. The second-order valence-corrected chi connectivity index (χ2v) is 3.93. The molecular formula is C10H12N6. The number of allylic oxidation sites excluding steroid dienone is 1. The number of nitrogens with zero attached hydrogens (tertiary/aromatic N) is 4. The number of aromatic nitrogens is 4. The molecule has 2 atom stereocenters. The smallest absolute Gasteiger partial charge is 0.165 e. The van der Waals surface area contributed by atoms with Crippen LogP contribution in [0.3, 0.4) is 0 Å². The van der Waals surface area contributed by atoms with Crippen LogP contribution in [0.5, 0.6) is 0 Å². The van der Waals surface area contributed by atoms with Crippen molar-refractivity contribution in [2.75, 3.05) is 5.73 Å². The van der Waals surface area contributed by atoms with Gasteiger partial charge in [-0.25, -0.2) is 15.0 Å². The zero-order valence-corrected chi connectivity index (χ0v) is 8.61. The molecule has 82 valence electrons. The summed E-state index contributed by atoms with van der Waals surface area (Å²) in [5, 5.41) is 0. The highest BCUT2D eigenvalue weighted by molar-refractivity contribution is 5.81. The maximum atomic E-state index is 5.83. The van der Waals surface area contributed by atoms with E-state index >= 15 is 0 Å². The Hall–Kier alpha value is -1.95. The van der Waals surface area contributed by atoms with Crippen LogP contribution in [0.15, 0.2) is 24.8 Å². The summed E-state index contributed by atoms with van der Waals surface area (Å²) in [6.07, 6.45) is 8.14. The topological polar surface area (TPSA) is 95.6 Å². The molecule has 3 rings (SSSR count). The van der Waals surface area contributed by atoms with Crippen LogP contribution >= 0.6 is 0 Å². The van der Waals surface area contributed by atoms with Gasteiger partial charge in [0.1, 0.15) is 11.8 Å². The Morgan fingerprint density at radius 2 is 2.12 bits per heavy atom. The van der Waals surface area contributed by atoms with Crippen LogP contribution in [0.1, 0.15) is 12.5 Å². The van der Waals surface area contributed by atoms with E-state index in [1.165, 1.54) is 6.33 Å². The lowest BCUT2D eigenvalue weighted by Crippen LogP contribution is -2.16. The van der Waals surface area contributed by atoms with E-state index in [2.05, 4.69) is 21.0 Å². The first-order valence-electron chi connectivity index (χ1n) is 5.12. The van der Waals surface area contributed by atoms with Crippen molar-refractivity contribution in [1.82, 2.24) is 19.5 Å². The van der Waals surface area contributed by atoms with Gasteiger partial charge in [0, 0.05) is 6.04 Å². The van der Waals surface area contributed by atoms with Gasteiger partial charge in [0.15, 0.2) is 11.5 Å². The number of anilines is 1. The molecule has 6 heteroatoms. The minimum Gasteiger partial charge on any atom is -0.382 e. The summed E-state index contributed by atoms with van der Waals surface area (Å²) in [5.74, 6) is 0.412. The van der Waals surface area contributed by atoms with Crippen LogP contribution in [0.2, 0.25) is 0 Å². The largest absolute Gasteiger partial charge is 0.382 e. The van der Waals surface area contributed by atoms with Gasteiger partial charge in [-0.15, -0.1) is 0 Å². The van der Waals surface area contributed by atoms with Crippen LogP contribution < -0.4 is 11.5 Å². The average Bonchev–Trinajstić information content (AvgIpc) is 2.84. The molecule has 6 nitrogen and oxygen atoms in total. The molecule has 0 radical (unpaired) electrons. The number of hydrogen-bond donors (Lipinski definition) is 2. The third-order valence-corrected chi connectivity index (χ3v) is 2.84. The molecule has 2 heterocycles. The predicted molar refractivity (Wildman–Crippen MR) is 60.5 cm³/mol. The van der Waals surface area contributed by atoms with Gasteiger partial charge in [-0.2, -0.15) is 0 Å². The monoisotopic (exact) mass is 216 g/mol. The number of hydrogen-bond acceptors (Lipinski definition) is 5. The zero-order valence-electron chi connectivity index (χ0n) is 8.61. The quantitative estimate of drug-likeness (QED) is 0.665. The molecule has 0 saturated carbocycles. The van der Waals surface area contributed by atoms with Gasteiger partial charge in [0.05, 0.1) is 12.4 Å². The van der Waals surface area contributed by atoms with Crippen molar-refractivity contribution in [3.63, 3.8) is 0 Å². The molecular weight excluding hydrogens is 204 g/mol. The Balaban J connectivity index is 2.12. The van der Waals surface area contributed by atoms with Gasteiger partial charge in [0.2, 0.25) is 0 Å². The number of imidazole rings is 1. The summed E-state index contributed by atoms with van der Waals surface area (Å²) in [6.45, 7) is 0. The third kappa shape index (κ3) is 1.27. The van der Waals surface area contributed by atoms with E-state index in [9.17, 15) is 0 Å². The maximum absolute atomic E-state index is 5.83. The molecule has 0 aliphatic heterocycles. The van der Waals surface area contributed by atoms with Gasteiger partial charge in [-0.1, -0.05) is 12.2 Å². The summed E-state index contributed by atoms with van der Waals surface area (Å²) in [6, 6.07) is 0.330. The van der Waals surface area contributed by atoms with E-state index in [0.717, 1.165) is 12.1 Å². The Morgan fingerprint density at radius 1 is 1.25 bits per heavy atom. The zero-order chi connectivity index (χ0) is 11.1. The number of nitrogen functional groups attached to an aromatic ring is 1. The number of nitrogens with two attached hydrogens (primary N) is 2. The Labute approximate surface area is 92.0 Å². The van der Waals surface area contributed by atoms with Gasteiger partial charge < -0.3 is 16.0 Å². The van der Waals surface area contributed by atoms with Crippen LogP contribution in [0.25, 0.3) is 11.2 Å². The van der Waals surface area contributed by atoms with Crippen molar-refractivity contribution in [3.05, 3.63) is 24.8 Å². The fourth-order valence-electron chi connectivity index (χ4n) is 2.03. The average molecular weight is 216 g/mol. The van der Waals surface area contributed by atoms with E-state index < -0.39 is 0 Å². The SMILES string of the molecule is Nc1ncnc2c1ncn2C1C=C[C@H](N)C1. The second-order valence-electron chi connectivity index (χ2n) is 3.93. The Bertz CT molecular complexity index is 557. The van der Waals surface area contributed by atoms with Gasteiger partial charge in [-0.05, 0) is 6.42 Å². The van der Waals surface area contributed by atoms with E-state index in [1.807, 2.05) is 10.6 Å². The first kappa shape index (κ1) is 9.29. The fraction of sp³-hybridized carbons (Fsp3) is 0.300. The molecule has 2 aromatic heterocycles. The van der Waals surface area contributed by atoms with Crippen LogP contribution in [-0.2, 0) is 0 Å². The Kier molecular flexibility index (Phi) is 1.90. The van der Waals surface area contributed by atoms with Gasteiger partial charge >= 0.3 is 0 Å². The normalized spacial score (nSPS) is 24.3. The molecule has 16 heavy (non-hydrogen) atoms. The minimum atomic E-state index is 0.113. The number of rotatable bonds is 1. The summed E-state index contributed by atoms with van der Waals surface area (Å²) >= 11 is 0. The molecule has 0 spiro atoms. The molecule has 0 amide bonds. The van der Waals surface area contributed by atoms with Crippen molar-refractivity contribution >= 4 is 17.0 Å². The summed E-state index contributed by atoms with van der Waals surface area (Å²) in [4.78, 5) is 12.3. The highest BCUT2D eigenvalue weighted by Crippen LogP contribution is 2.26. The minimum absolute atomic E-state index is 0.113. The van der Waals surface area contributed by atoms with Crippen LogP contribution in [0.4, 0.5) is 5.82 Å². The molecule has 0 saturated heterocycles. The molecule has 0 bridgehead atoms. The molecule has 1 unspecified atom stereocenters. The summed E-state index contributed by atoms with van der Waals surface area (Å²) in [7, 11) is 0. The Morgan fingerprint density at radius 3 is 2.88 bits per heavy atom. The van der Waals surface area contributed by atoms with Crippen molar-refractivity contribution in [1.29, 1.82) is 0 Å². The third-order valence-electron chi connectivity index (χ3n) is 2.84. The van der Waals surface area contributed by atoms with Crippen molar-refractivity contribution in [2.45, 2.75) is 18.5 Å². The molecule has 0 aromatic carbocycles. The molecule has 2 aromatic rings.